The van der Waals surface area contributed by atoms with Crippen LogP contribution in [0.1, 0.15) is 26.2 Å². The third kappa shape index (κ3) is 2.84. The molecule has 0 aromatic heterocycles. The van der Waals surface area contributed by atoms with E-state index in [0.717, 1.165) is 40.8 Å². The fourth-order valence-electron chi connectivity index (χ4n) is 3.11. The number of ether oxygens (including phenoxy) is 1. The van der Waals surface area contributed by atoms with E-state index in [9.17, 15) is 5.26 Å². The zero-order chi connectivity index (χ0) is 14.8. The van der Waals surface area contributed by atoms with E-state index in [-0.39, 0.29) is 12.0 Å². The molecule has 1 saturated carbocycles. The van der Waals surface area contributed by atoms with Crippen LogP contribution in [0, 0.1) is 23.2 Å². The minimum Gasteiger partial charge on any atom is -0.488 e. The van der Waals surface area contributed by atoms with Crippen molar-refractivity contribution in [1.82, 2.24) is 0 Å². The van der Waals surface area contributed by atoms with Gasteiger partial charge in [0.2, 0.25) is 0 Å². The van der Waals surface area contributed by atoms with Crippen molar-refractivity contribution in [2.75, 3.05) is 0 Å². The lowest BCUT2D eigenvalue weighted by molar-refractivity contribution is 0.0971. The van der Waals surface area contributed by atoms with Crippen molar-refractivity contribution < 1.29 is 4.74 Å². The fourth-order valence-corrected chi connectivity index (χ4v) is 3.33. The Morgan fingerprint density at radius 1 is 1.14 bits per heavy atom. The average Bonchev–Trinajstić information content (AvgIpc) is 2.51. The third-order valence-electron chi connectivity index (χ3n) is 4.33. The Balaban J connectivity index is 1.94. The molecule has 2 aromatic rings. The SMILES string of the molecule is CC1CCC(C#N)C(Oc2ccc(Cl)c3ccccc23)C1. The molecule has 0 N–H and O–H groups in total. The Labute approximate surface area is 130 Å². The maximum absolute atomic E-state index is 9.33. The molecule has 3 unspecified atom stereocenters. The summed E-state index contributed by atoms with van der Waals surface area (Å²) >= 11 is 6.24. The van der Waals surface area contributed by atoms with Crippen LogP contribution in [-0.4, -0.2) is 6.10 Å². The third-order valence-corrected chi connectivity index (χ3v) is 4.66. The molecule has 2 aromatic carbocycles. The largest absolute Gasteiger partial charge is 0.488 e. The van der Waals surface area contributed by atoms with Crippen molar-refractivity contribution in [1.29, 1.82) is 5.26 Å². The van der Waals surface area contributed by atoms with Gasteiger partial charge in [-0.1, -0.05) is 42.8 Å². The van der Waals surface area contributed by atoms with Crippen LogP contribution in [-0.2, 0) is 0 Å². The van der Waals surface area contributed by atoms with Gasteiger partial charge >= 0.3 is 0 Å². The van der Waals surface area contributed by atoms with Crippen molar-refractivity contribution in [2.45, 2.75) is 32.3 Å². The normalized spacial score (nSPS) is 25.5. The van der Waals surface area contributed by atoms with Gasteiger partial charge in [-0.3, -0.25) is 0 Å². The summed E-state index contributed by atoms with van der Waals surface area (Å²) in [7, 11) is 0. The van der Waals surface area contributed by atoms with E-state index >= 15 is 0 Å². The van der Waals surface area contributed by atoms with Crippen molar-refractivity contribution >= 4 is 22.4 Å². The Kier molecular flexibility index (Phi) is 4.03. The summed E-state index contributed by atoms with van der Waals surface area (Å²) in [6, 6.07) is 14.2. The summed E-state index contributed by atoms with van der Waals surface area (Å²) in [6.07, 6.45) is 2.95. The van der Waals surface area contributed by atoms with E-state index in [4.69, 9.17) is 16.3 Å². The number of hydrogen-bond donors (Lipinski definition) is 0. The molecular formula is C18H18ClNO. The van der Waals surface area contributed by atoms with Gasteiger partial charge in [-0.25, -0.2) is 0 Å². The van der Waals surface area contributed by atoms with Gasteiger partial charge in [0.1, 0.15) is 11.9 Å². The standard InChI is InChI=1S/C18H18ClNO/c1-12-6-7-13(11-20)18(10-12)21-17-9-8-16(19)14-4-2-3-5-15(14)17/h2-5,8-9,12-13,18H,6-7,10H2,1H3. The van der Waals surface area contributed by atoms with Gasteiger partial charge in [-0.15, -0.1) is 0 Å². The van der Waals surface area contributed by atoms with Crippen molar-refractivity contribution in [3.8, 4) is 11.8 Å². The summed E-state index contributed by atoms with van der Waals surface area (Å²) in [6.45, 7) is 2.23. The first kappa shape index (κ1) is 14.2. The molecule has 3 heteroatoms. The predicted octanol–water partition coefficient (Wildman–Crippen LogP) is 5.20. The molecule has 108 valence electrons. The Morgan fingerprint density at radius 2 is 1.90 bits per heavy atom. The number of fused-ring (bicyclic) bond motifs is 1. The molecule has 2 nitrogen and oxygen atoms in total. The van der Waals surface area contributed by atoms with Crippen molar-refractivity contribution in [2.24, 2.45) is 11.8 Å². The van der Waals surface area contributed by atoms with Gasteiger partial charge < -0.3 is 4.74 Å². The van der Waals surface area contributed by atoms with Crippen LogP contribution in [0.5, 0.6) is 5.75 Å². The molecule has 0 bridgehead atoms. The maximum atomic E-state index is 9.33. The monoisotopic (exact) mass is 299 g/mol. The lowest BCUT2D eigenvalue weighted by atomic mass is 9.81. The molecule has 0 spiro atoms. The number of nitrogens with zero attached hydrogens (tertiary/aromatic N) is 1. The molecule has 0 aliphatic heterocycles. The van der Waals surface area contributed by atoms with Crippen LogP contribution >= 0.6 is 11.6 Å². The van der Waals surface area contributed by atoms with E-state index in [0.29, 0.717) is 5.92 Å². The zero-order valence-corrected chi connectivity index (χ0v) is 12.8. The van der Waals surface area contributed by atoms with Gasteiger partial charge in [0.25, 0.3) is 0 Å². The Morgan fingerprint density at radius 3 is 2.67 bits per heavy atom. The summed E-state index contributed by atoms with van der Waals surface area (Å²) in [5.74, 6) is 1.42. The van der Waals surface area contributed by atoms with Gasteiger partial charge in [-0.05, 0) is 37.3 Å². The first-order chi connectivity index (χ1) is 10.2. The highest BCUT2D eigenvalue weighted by Crippen LogP contribution is 2.36. The number of nitriles is 1. The topological polar surface area (TPSA) is 33.0 Å². The molecule has 3 atom stereocenters. The van der Waals surface area contributed by atoms with Gasteiger partial charge in [-0.2, -0.15) is 5.26 Å². The fraction of sp³-hybridized carbons (Fsp3) is 0.389. The van der Waals surface area contributed by atoms with E-state index in [1.165, 1.54) is 0 Å². The molecule has 0 saturated heterocycles. The average molecular weight is 300 g/mol. The molecule has 1 aliphatic carbocycles. The Bertz CT molecular complexity index is 691. The van der Waals surface area contributed by atoms with Crippen LogP contribution in [0.2, 0.25) is 5.02 Å². The maximum Gasteiger partial charge on any atom is 0.127 e. The van der Waals surface area contributed by atoms with Gasteiger partial charge in [0, 0.05) is 15.8 Å². The van der Waals surface area contributed by atoms with Gasteiger partial charge in [0.15, 0.2) is 0 Å². The number of halogens is 1. The number of rotatable bonds is 2. The van der Waals surface area contributed by atoms with Crippen molar-refractivity contribution in [3.05, 3.63) is 41.4 Å². The van der Waals surface area contributed by atoms with Crippen molar-refractivity contribution in [3.63, 3.8) is 0 Å². The minimum atomic E-state index is -0.0247. The Hall–Kier alpha value is -1.72. The predicted molar refractivity (Wildman–Crippen MR) is 85.5 cm³/mol. The molecule has 1 aliphatic rings. The molecule has 1 fully saturated rings. The highest BCUT2D eigenvalue weighted by Gasteiger charge is 2.30. The molecule has 0 radical (unpaired) electrons. The van der Waals surface area contributed by atoms with E-state index in [1.54, 1.807) is 0 Å². The molecular weight excluding hydrogens is 282 g/mol. The van der Waals surface area contributed by atoms with Crippen LogP contribution in [0.15, 0.2) is 36.4 Å². The van der Waals surface area contributed by atoms with E-state index < -0.39 is 0 Å². The molecule has 21 heavy (non-hydrogen) atoms. The van der Waals surface area contributed by atoms with Crippen LogP contribution < -0.4 is 4.74 Å². The summed E-state index contributed by atoms with van der Waals surface area (Å²) < 4.78 is 6.22. The summed E-state index contributed by atoms with van der Waals surface area (Å²) in [5.41, 5.74) is 0. The second kappa shape index (κ2) is 5.95. The minimum absolute atomic E-state index is 0.0179. The first-order valence-electron chi connectivity index (χ1n) is 7.42. The number of benzene rings is 2. The van der Waals surface area contributed by atoms with Crippen LogP contribution in [0.4, 0.5) is 0 Å². The van der Waals surface area contributed by atoms with Crippen LogP contribution in [0.3, 0.4) is 0 Å². The second-order valence-corrected chi connectivity index (χ2v) is 6.31. The second-order valence-electron chi connectivity index (χ2n) is 5.90. The molecule has 3 rings (SSSR count). The van der Waals surface area contributed by atoms with E-state index in [1.807, 2.05) is 36.4 Å². The summed E-state index contributed by atoms with van der Waals surface area (Å²) in [5, 5.41) is 12.1. The smallest absolute Gasteiger partial charge is 0.127 e. The zero-order valence-electron chi connectivity index (χ0n) is 12.1. The lowest BCUT2D eigenvalue weighted by Gasteiger charge is -2.31. The summed E-state index contributed by atoms with van der Waals surface area (Å²) in [4.78, 5) is 0. The highest BCUT2D eigenvalue weighted by molar-refractivity contribution is 6.35. The van der Waals surface area contributed by atoms with Crippen LogP contribution in [0.25, 0.3) is 10.8 Å². The quantitative estimate of drug-likeness (QED) is 0.763. The van der Waals surface area contributed by atoms with E-state index in [2.05, 4.69) is 13.0 Å². The first-order valence-corrected chi connectivity index (χ1v) is 7.80. The molecule has 0 amide bonds. The lowest BCUT2D eigenvalue weighted by Crippen LogP contribution is -2.32. The van der Waals surface area contributed by atoms with Gasteiger partial charge in [0.05, 0.1) is 12.0 Å². The number of hydrogen-bond acceptors (Lipinski definition) is 2. The highest BCUT2D eigenvalue weighted by atomic mass is 35.5. The molecule has 0 heterocycles.